The van der Waals surface area contributed by atoms with Crippen molar-refractivity contribution in [1.29, 1.82) is 0 Å². The first-order chi connectivity index (χ1) is 13.8. The van der Waals surface area contributed by atoms with Gasteiger partial charge >= 0.3 is 0 Å². The molecule has 28 heavy (non-hydrogen) atoms. The molecule has 0 aliphatic carbocycles. The Hall–Kier alpha value is -2.16. The van der Waals surface area contributed by atoms with Gasteiger partial charge < -0.3 is 0 Å². The number of aromatic nitrogens is 3. The minimum atomic E-state index is 0.946. The summed E-state index contributed by atoms with van der Waals surface area (Å²) in [5.41, 5.74) is 5.72. The second-order valence-electron chi connectivity index (χ2n) is 7.97. The molecule has 3 aromatic rings. The van der Waals surface area contributed by atoms with Crippen LogP contribution in [0.25, 0.3) is 16.7 Å². The van der Waals surface area contributed by atoms with Crippen molar-refractivity contribution in [2.24, 2.45) is 0 Å². The molecule has 0 fully saturated rings. The van der Waals surface area contributed by atoms with Crippen LogP contribution in [-0.4, -0.2) is 15.0 Å². The topological polar surface area (TPSA) is 30.7 Å². The SMILES string of the molecule is CCCCCCCCCCCCc1cccc(-n2nc3ccccc3n2)c1C. The van der Waals surface area contributed by atoms with Crippen molar-refractivity contribution in [2.45, 2.75) is 84.5 Å². The van der Waals surface area contributed by atoms with E-state index >= 15 is 0 Å². The smallest absolute Gasteiger partial charge is 0.113 e. The van der Waals surface area contributed by atoms with Crippen molar-refractivity contribution in [3.63, 3.8) is 0 Å². The molecule has 0 radical (unpaired) electrons. The Labute approximate surface area is 170 Å². The van der Waals surface area contributed by atoms with Crippen molar-refractivity contribution >= 4 is 11.0 Å². The quantitative estimate of drug-likeness (QED) is 0.313. The molecule has 0 spiro atoms. The highest BCUT2D eigenvalue weighted by Gasteiger charge is 2.09. The largest absolute Gasteiger partial charge is 0.150 e. The highest BCUT2D eigenvalue weighted by molar-refractivity contribution is 5.73. The Morgan fingerprint density at radius 2 is 1.25 bits per heavy atom. The van der Waals surface area contributed by atoms with Gasteiger partial charge in [-0.15, -0.1) is 10.2 Å². The van der Waals surface area contributed by atoms with E-state index in [2.05, 4.69) is 42.2 Å². The minimum Gasteiger partial charge on any atom is -0.150 e. The van der Waals surface area contributed by atoms with Crippen molar-refractivity contribution in [3.05, 3.63) is 53.6 Å². The van der Waals surface area contributed by atoms with Crippen LogP contribution in [0, 0.1) is 6.92 Å². The molecule has 0 amide bonds. The van der Waals surface area contributed by atoms with E-state index in [9.17, 15) is 0 Å². The van der Waals surface area contributed by atoms with Crippen LogP contribution in [0.15, 0.2) is 42.5 Å². The minimum absolute atomic E-state index is 0.946. The van der Waals surface area contributed by atoms with E-state index in [1.54, 1.807) is 4.80 Å². The first-order valence-electron chi connectivity index (χ1n) is 11.2. The van der Waals surface area contributed by atoms with Crippen LogP contribution < -0.4 is 0 Å². The Morgan fingerprint density at radius 3 is 1.86 bits per heavy atom. The maximum absolute atomic E-state index is 4.65. The van der Waals surface area contributed by atoms with E-state index in [-0.39, 0.29) is 0 Å². The Morgan fingerprint density at radius 1 is 0.679 bits per heavy atom. The first kappa shape index (κ1) is 20.6. The molecule has 3 heteroatoms. The maximum atomic E-state index is 4.65. The molecule has 3 nitrogen and oxygen atoms in total. The molecule has 1 aromatic heterocycles. The number of rotatable bonds is 12. The van der Waals surface area contributed by atoms with Crippen LogP contribution in [0.4, 0.5) is 0 Å². The number of fused-ring (bicyclic) bond motifs is 1. The number of benzene rings is 2. The third kappa shape index (κ3) is 5.67. The molecule has 0 atom stereocenters. The lowest BCUT2D eigenvalue weighted by Crippen LogP contribution is -2.03. The first-order valence-corrected chi connectivity index (χ1v) is 11.2. The molecule has 0 bridgehead atoms. The molecule has 0 saturated carbocycles. The predicted molar refractivity (Wildman–Crippen MR) is 119 cm³/mol. The van der Waals surface area contributed by atoms with E-state index < -0.39 is 0 Å². The summed E-state index contributed by atoms with van der Waals surface area (Å²) in [5, 5.41) is 9.29. The summed E-state index contributed by atoms with van der Waals surface area (Å²) in [6, 6.07) is 14.6. The summed E-state index contributed by atoms with van der Waals surface area (Å²) < 4.78 is 0. The number of aryl methyl sites for hydroxylation is 1. The average Bonchev–Trinajstić information content (AvgIpc) is 3.14. The van der Waals surface area contributed by atoms with Gasteiger partial charge in [0.2, 0.25) is 0 Å². The standard InChI is InChI=1S/C25H35N3/c1-3-4-5-6-7-8-9-10-11-12-16-22-17-15-20-25(21(22)2)28-26-23-18-13-14-19-24(23)27-28/h13-15,17-20H,3-12,16H2,1-2H3. The van der Waals surface area contributed by atoms with E-state index in [4.69, 9.17) is 0 Å². The van der Waals surface area contributed by atoms with Gasteiger partial charge in [0.05, 0.1) is 5.69 Å². The van der Waals surface area contributed by atoms with Crippen molar-refractivity contribution < 1.29 is 0 Å². The molecule has 1 heterocycles. The Bertz CT molecular complexity index is 817. The van der Waals surface area contributed by atoms with Crippen LogP contribution >= 0.6 is 0 Å². The summed E-state index contributed by atoms with van der Waals surface area (Å²) >= 11 is 0. The molecule has 2 aromatic carbocycles. The molecule has 0 N–H and O–H groups in total. The molecule has 0 unspecified atom stereocenters. The summed E-state index contributed by atoms with van der Waals surface area (Å²) in [6.07, 6.45) is 15.0. The van der Waals surface area contributed by atoms with Crippen LogP contribution in [0.5, 0.6) is 0 Å². The normalized spacial score (nSPS) is 11.4. The molecular weight excluding hydrogens is 342 g/mol. The molecule has 0 aliphatic heterocycles. The van der Waals surface area contributed by atoms with Crippen molar-refractivity contribution in [2.75, 3.05) is 0 Å². The van der Waals surface area contributed by atoms with Gasteiger partial charge in [0, 0.05) is 0 Å². The van der Waals surface area contributed by atoms with Gasteiger partial charge in [0.1, 0.15) is 11.0 Å². The fraction of sp³-hybridized carbons (Fsp3) is 0.520. The number of nitrogens with zero attached hydrogens (tertiary/aromatic N) is 3. The van der Waals surface area contributed by atoms with Crippen LogP contribution in [0.3, 0.4) is 0 Å². The van der Waals surface area contributed by atoms with Gasteiger partial charge in [0.15, 0.2) is 0 Å². The van der Waals surface area contributed by atoms with Crippen molar-refractivity contribution in [3.8, 4) is 5.69 Å². The number of unbranched alkanes of at least 4 members (excludes halogenated alkanes) is 9. The van der Waals surface area contributed by atoms with Crippen LogP contribution in [0.2, 0.25) is 0 Å². The molecule has 150 valence electrons. The second kappa shape index (κ2) is 11.0. The van der Waals surface area contributed by atoms with Crippen LogP contribution in [-0.2, 0) is 6.42 Å². The summed E-state index contributed by atoms with van der Waals surface area (Å²) in [7, 11) is 0. The van der Waals surface area contributed by atoms with Gasteiger partial charge in [0.25, 0.3) is 0 Å². The zero-order valence-electron chi connectivity index (χ0n) is 17.7. The average molecular weight is 378 g/mol. The lowest BCUT2D eigenvalue weighted by molar-refractivity contribution is 0.556. The predicted octanol–water partition coefficient (Wildman–Crippen LogP) is 7.19. The van der Waals surface area contributed by atoms with Gasteiger partial charge in [-0.1, -0.05) is 89.0 Å². The number of hydrogen-bond donors (Lipinski definition) is 0. The second-order valence-corrected chi connectivity index (χ2v) is 7.97. The fourth-order valence-corrected chi connectivity index (χ4v) is 3.93. The summed E-state index contributed by atoms with van der Waals surface area (Å²) in [4.78, 5) is 1.79. The third-order valence-electron chi connectivity index (χ3n) is 5.72. The van der Waals surface area contributed by atoms with E-state index in [1.807, 2.05) is 24.3 Å². The van der Waals surface area contributed by atoms with Crippen LogP contribution in [0.1, 0.15) is 82.3 Å². The molecule has 3 rings (SSSR count). The van der Waals surface area contributed by atoms with E-state index in [1.165, 1.54) is 75.3 Å². The zero-order valence-corrected chi connectivity index (χ0v) is 17.7. The monoisotopic (exact) mass is 377 g/mol. The van der Waals surface area contributed by atoms with E-state index in [0.29, 0.717) is 0 Å². The molecule has 0 saturated heterocycles. The van der Waals surface area contributed by atoms with Crippen molar-refractivity contribution in [1.82, 2.24) is 15.0 Å². The summed E-state index contributed by atoms with van der Waals surface area (Å²) in [6.45, 7) is 4.49. The lowest BCUT2D eigenvalue weighted by atomic mass is 9.99. The zero-order chi connectivity index (χ0) is 19.6. The van der Waals surface area contributed by atoms with Gasteiger partial charge in [-0.2, -0.15) is 4.80 Å². The maximum Gasteiger partial charge on any atom is 0.113 e. The van der Waals surface area contributed by atoms with Gasteiger partial charge in [-0.05, 0) is 49.1 Å². The number of hydrogen-bond acceptors (Lipinski definition) is 2. The third-order valence-corrected chi connectivity index (χ3v) is 5.72. The Balaban J connectivity index is 1.46. The highest BCUT2D eigenvalue weighted by atomic mass is 15.5. The van der Waals surface area contributed by atoms with Gasteiger partial charge in [-0.3, -0.25) is 0 Å². The van der Waals surface area contributed by atoms with E-state index in [0.717, 1.165) is 23.1 Å². The molecular formula is C25H35N3. The highest BCUT2D eigenvalue weighted by Crippen LogP contribution is 2.21. The van der Waals surface area contributed by atoms with Gasteiger partial charge in [-0.25, -0.2) is 0 Å². The lowest BCUT2D eigenvalue weighted by Gasteiger charge is -2.10. The fourth-order valence-electron chi connectivity index (χ4n) is 3.93. The summed E-state index contributed by atoms with van der Waals surface area (Å²) in [5.74, 6) is 0. The molecule has 0 aliphatic rings. The Kier molecular flexibility index (Phi) is 8.07.